The first-order valence-corrected chi connectivity index (χ1v) is 6.10. The highest BCUT2D eigenvalue weighted by Gasteiger charge is 2.21. The van der Waals surface area contributed by atoms with Crippen molar-refractivity contribution in [3.05, 3.63) is 38.9 Å². The summed E-state index contributed by atoms with van der Waals surface area (Å²) in [6.07, 6.45) is 0.469. The average molecular weight is 287 g/mol. The van der Waals surface area contributed by atoms with E-state index >= 15 is 0 Å². The Balaban J connectivity index is 2.88. The molecule has 0 radical (unpaired) electrons. The van der Waals surface area contributed by atoms with Crippen molar-refractivity contribution in [1.29, 1.82) is 0 Å². The quantitative estimate of drug-likeness (QED) is 0.642. The molecule has 0 saturated heterocycles. The first kappa shape index (κ1) is 15.4. The minimum Gasteiger partial charge on any atom is -0.480 e. The van der Waals surface area contributed by atoms with Crippen LogP contribution >= 0.6 is 11.6 Å². The number of nitrogens with zero attached hydrogens (tertiary/aromatic N) is 2. The first-order chi connectivity index (χ1) is 8.86. The second kappa shape index (κ2) is 6.49. The lowest BCUT2D eigenvalue weighted by Gasteiger charge is -2.23. The molecule has 0 fully saturated rings. The number of non-ortho nitro benzene ring substituents is 1. The molecule has 0 spiro atoms. The van der Waals surface area contributed by atoms with Crippen LogP contribution in [0.15, 0.2) is 18.2 Å². The fourth-order valence-electron chi connectivity index (χ4n) is 1.83. The number of rotatable bonds is 6. The van der Waals surface area contributed by atoms with Gasteiger partial charge in [0.05, 0.1) is 9.95 Å². The number of hydrogen-bond acceptors (Lipinski definition) is 4. The third-order valence-corrected chi connectivity index (χ3v) is 3.22. The SMILES string of the molecule is CCC(C(=O)O)N(C)Cc1ccc([N+](=O)[O-])cc1Cl. The number of carboxylic acids is 1. The number of nitro benzene ring substituents is 1. The summed E-state index contributed by atoms with van der Waals surface area (Å²) in [6, 6.07) is 3.57. The van der Waals surface area contributed by atoms with Gasteiger partial charge in [0.15, 0.2) is 0 Å². The molecule has 1 N–H and O–H groups in total. The molecule has 0 aliphatic rings. The van der Waals surface area contributed by atoms with Crippen molar-refractivity contribution in [2.75, 3.05) is 7.05 Å². The zero-order valence-corrected chi connectivity index (χ0v) is 11.4. The van der Waals surface area contributed by atoms with Gasteiger partial charge in [0.2, 0.25) is 0 Å². The van der Waals surface area contributed by atoms with E-state index in [2.05, 4.69) is 0 Å². The minimum atomic E-state index is -0.900. The van der Waals surface area contributed by atoms with Crippen LogP contribution in [0, 0.1) is 10.1 Å². The van der Waals surface area contributed by atoms with Crippen molar-refractivity contribution < 1.29 is 14.8 Å². The minimum absolute atomic E-state index is 0.0818. The number of hydrogen-bond donors (Lipinski definition) is 1. The van der Waals surface area contributed by atoms with Gasteiger partial charge in [0.1, 0.15) is 6.04 Å². The number of carbonyl (C=O) groups is 1. The van der Waals surface area contributed by atoms with E-state index < -0.39 is 16.9 Å². The summed E-state index contributed by atoms with van der Waals surface area (Å²) in [5, 5.41) is 19.9. The van der Waals surface area contributed by atoms with Crippen LogP contribution in [0.25, 0.3) is 0 Å². The summed E-state index contributed by atoms with van der Waals surface area (Å²) in [6.45, 7) is 2.11. The van der Waals surface area contributed by atoms with Crippen molar-refractivity contribution in [1.82, 2.24) is 4.90 Å². The standard InChI is InChI=1S/C12H15ClN2O4/c1-3-11(12(16)17)14(2)7-8-4-5-9(15(18)19)6-10(8)13/h4-6,11H,3,7H2,1-2H3,(H,16,17). The third-order valence-electron chi connectivity index (χ3n) is 2.87. The molecular weight excluding hydrogens is 272 g/mol. The van der Waals surface area contributed by atoms with Crippen LogP contribution in [0.4, 0.5) is 5.69 Å². The molecule has 1 rings (SSSR count). The Morgan fingerprint density at radius 3 is 2.63 bits per heavy atom. The zero-order chi connectivity index (χ0) is 14.6. The highest BCUT2D eigenvalue weighted by molar-refractivity contribution is 6.31. The van der Waals surface area contributed by atoms with E-state index in [0.29, 0.717) is 18.5 Å². The summed E-state index contributed by atoms with van der Waals surface area (Å²) < 4.78 is 0. The van der Waals surface area contributed by atoms with E-state index in [-0.39, 0.29) is 10.7 Å². The summed E-state index contributed by atoms with van der Waals surface area (Å²) in [4.78, 5) is 22.7. The monoisotopic (exact) mass is 286 g/mol. The molecule has 0 bridgehead atoms. The van der Waals surface area contributed by atoms with Gasteiger partial charge < -0.3 is 5.11 Å². The summed E-state index contributed by atoms with van der Waals surface area (Å²) in [7, 11) is 1.68. The highest BCUT2D eigenvalue weighted by atomic mass is 35.5. The maximum atomic E-state index is 11.0. The lowest BCUT2D eigenvalue weighted by Crippen LogP contribution is -2.37. The van der Waals surface area contributed by atoms with Crippen LogP contribution in [-0.2, 0) is 11.3 Å². The van der Waals surface area contributed by atoms with Crippen molar-refractivity contribution >= 4 is 23.3 Å². The van der Waals surface area contributed by atoms with Crippen molar-refractivity contribution in [3.63, 3.8) is 0 Å². The average Bonchev–Trinajstić information content (AvgIpc) is 2.31. The van der Waals surface area contributed by atoms with Gasteiger partial charge in [0, 0.05) is 18.7 Å². The topological polar surface area (TPSA) is 83.7 Å². The second-order valence-corrected chi connectivity index (χ2v) is 4.62. The number of likely N-dealkylation sites (N-methyl/N-ethyl adjacent to an activating group) is 1. The van der Waals surface area contributed by atoms with Crippen molar-refractivity contribution in [2.45, 2.75) is 25.9 Å². The Bertz CT molecular complexity index is 493. The van der Waals surface area contributed by atoms with Gasteiger partial charge in [-0.15, -0.1) is 0 Å². The van der Waals surface area contributed by atoms with E-state index in [1.807, 2.05) is 0 Å². The van der Waals surface area contributed by atoms with E-state index in [4.69, 9.17) is 16.7 Å². The van der Waals surface area contributed by atoms with E-state index in [1.165, 1.54) is 12.1 Å². The van der Waals surface area contributed by atoms with Gasteiger partial charge in [-0.1, -0.05) is 18.5 Å². The van der Waals surface area contributed by atoms with Gasteiger partial charge in [-0.25, -0.2) is 0 Å². The molecule has 0 heterocycles. The molecule has 0 aliphatic carbocycles. The van der Waals surface area contributed by atoms with Gasteiger partial charge >= 0.3 is 5.97 Å². The Morgan fingerprint density at radius 2 is 2.21 bits per heavy atom. The Kier molecular flexibility index (Phi) is 5.26. The van der Waals surface area contributed by atoms with Crippen LogP contribution in [0.1, 0.15) is 18.9 Å². The highest BCUT2D eigenvalue weighted by Crippen LogP contribution is 2.24. The summed E-state index contributed by atoms with van der Waals surface area (Å²) >= 11 is 5.97. The summed E-state index contributed by atoms with van der Waals surface area (Å²) in [5.74, 6) is -0.900. The third kappa shape index (κ3) is 3.90. The molecule has 1 aromatic carbocycles. The Hall–Kier alpha value is -1.66. The number of nitro groups is 1. The molecule has 19 heavy (non-hydrogen) atoms. The van der Waals surface area contributed by atoms with Gasteiger partial charge in [0.25, 0.3) is 5.69 Å². The van der Waals surface area contributed by atoms with Gasteiger partial charge in [-0.05, 0) is 25.1 Å². The van der Waals surface area contributed by atoms with Gasteiger partial charge in [-0.2, -0.15) is 0 Å². The first-order valence-electron chi connectivity index (χ1n) is 5.72. The van der Waals surface area contributed by atoms with Gasteiger partial charge in [-0.3, -0.25) is 19.8 Å². The fourth-order valence-corrected chi connectivity index (χ4v) is 2.07. The number of carboxylic acid groups (broad SMARTS) is 1. The van der Waals surface area contributed by atoms with Crippen molar-refractivity contribution in [2.24, 2.45) is 0 Å². The van der Waals surface area contributed by atoms with Crippen LogP contribution in [-0.4, -0.2) is 34.0 Å². The van der Waals surface area contributed by atoms with E-state index in [1.54, 1.807) is 24.9 Å². The second-order valence-electron chi connectivity index (χ2n) is 4.21. The Morgan fingerprint density at radius 1 is 1.58 bits per heavy atom. The molecule has 7 heteroatoms. The maximum Gasteiger partial charge on any atom is 0.320 e. The molecule has 104 valence electrons. The number of benzene rings is 1. The molecule has 1 unspecified atom stereocenters. The fraction of sp³-hybridized carbons (Fsp3) is 0.417. The zero-order valence-electron chi connectivity index (χ0n) is 10.7. The molecule has 0 saturated carbocycles. The van der Waals surface area contributed by atoms with Crippen LogP contribution in [0.5, 0.6) is 0 Å². The lowest BCUT2D eigenvalue weighted by molar-refractivity contribution is -0.384. The predicted octanol–water partition coefficient (Wildman–Crippen LogP) is 2.54. The molecule has 0 aromatic heterocycles. The normalized spacial score (nSPS) is 12.4. The summed E-state index contributed by atoms with van der Waals surface area (Å²) in [5.41, 5.74) is 0.580. The predicted molar refractivity (Wildman–Crippen MR) is 71.3 cm³/mol. The van der Waals surface area contributed by atoms with E-state index in [0.717, 1.165) is 0 Å². The maximum absolute atomic E-state index is 11.0. The molecule has 1 atom stereocenters. The van der Waals surface area contributed by atoms with Crippen LogP contribution in [0.2, 0.25) is 5.02 Å². The van der Waals surface area contributed by atoms with Crippen molar-refractivity contribution in [3.8, 4) is 0 Å². The van der Waals surface area contributed by atoms with E-state index in [9.17, 15) is 14.9 Å². The smallest absolute Gasteiger partial charge is 0.320 e. The Labute approximate surface area is 115 Å². The number of halogens is 1. The molecule has 1 aromatic rings. The molecule has 0 amide bonds. The lowest BCUT2D eigenvalue weighted by atomic mass is 10.1. The molecule has 6 nitrogen and oxygen atoms in total. The largest absolute Gasteiger partial charge is 0.480 e. The molecular formula is C12H15ClN2O4. The van der Waals surface area contributed by atoms with Crippen LogP contribution < -0.4 is 0 Å². The number of aliphatic carboxylic acids is 1. The van der Waals surface area contributed by atoms with Crippen LogP contribution in [0.3, 0.4) is 0 Å². The molecule has 0 aliphatic heterocycles.